The molecule has 0 heterocycles. The summed E-state index contributed by atoms with van der Waals surface area (Å²) in [5, 5.41) is 0. The smallest absolute Gasteiger partial charge is 0.759 e. The minimum atomic E-state index is -5.17. The van der Waals surface area contributed by atoms with Gasteiger partial charge in [-0.05, 0) is 12.8 Å². The zero-order valence-corrected chi connectivity index (χ0v) is 19.2. The van der Waals surface area contributed by atoms with Crippen LogP contribution in [-0.4, -0.2) is 49.7 Å². The molecule has 0 atom stereocenters. The Morgan fingerprint density at radius 1 is 0.727 bits per heavy atom. The summed E-state index contributed by atoms with van der Waals surface area (Å²) in [6.07, 6.45) is 14.4. The van der Waals surface area contributed by atoms with Crippen LogP contribution < -0.4 is 51.4 Å². The maximum Gasteiger partial charge on any atom is 1.00 e. The molecule has 0 N–H and O–H groups in total. The Morgan fingerprint density at radius 2 is 1.00 bits per heavy atom. The van der Waals surface area contributed by atoms with Gasteiger partial charge in [-0.25, -0.2) is 0 Å². The van der Waals surface area contributed by atoms with Crippen LogP contribution in [0.15, 0.2) is 0 Å². The molecule has 0 saturated carbocycles. The van der Waals surface area contributed by atoms with Crippen molar-refractivity contribution in [2.75, 3.05) is 27.7 Å². The normalized spacial score (nSPS) is 11.4. The first-order chi connectivity index (χ1) is 9.56. The summed E-state index contributed by atoms with van der Waals surface area (Å²) in [6, 6.07) is 0. The van der Waals surface area contributed by atoms with Crippen LogP contribution in [0, 0.1) is 0 Å². The van der Waals surface area contributed by atoms with E-state index in [9.17, 15) is 0 Å². The topological polar surface area (TPSA) is 80.3 Å². The van der Waals surface area contributed by atoms with E-state index in [0.29, 0.717) is 0 Å². The van der Waals surface area contributed by atoms with Gasteiger partial charge in [-0.3, -0.25) is 8.42 Å². The Kier molecular flexibility index (Phi) is 22.2. The number of nitrogens with zero attached hydrogens (tertiary/aromatic N) is 1. The molecule has 0 bridgehead atoms. The summed E-state index contributed by atoms with van der Waals surface area (Å²) < 4.78 is 35.2. The largest absolute Gasteiger partial charge is 1.00 e. The van der Waals surface area contributed by atoms with Gasteiger partial charge >= 0.3 is 51.4 Å². The quantitative estimate of drug-likeness (QED) is 0.174. The maximum absolute atomic E-state index is 8.52. The van der Waals surface area contributed by atoms with Crippen LogP contribution in [0.25, 0.3) is 0 Å². The fourth-order valence-electron chi connectivity index (χ4n) is 2.07. The van der Waals surface area contributed by atoms with E-state index in [2.05, 4.69) is 28.1 Å². The van der Waals surface area contributed by atoms with Crippen LogP contribution in [0.1, 0.15) is 71.1 Å². The zero-order chi connectivity index (χ0) is 16.8. The molecule has 0 amide bonds. The van der Waals surface area contributed by atoms with Crippen LogP contribution in [0.3, 0.4) is 0 Å². The van der Waals surface area contributed by atoms with E-state index in [1.165, 1.54) is 70.8 Å². The Morgan fingerprint density at radius 3 is 1.27 bits per heavy atom. The monoisotopic (exact) mass is 363 g/mol. The molecule has 130 valence electrons. The number of hydrogen-bond donors (Lipinski definition) is 0. The molecule has 0 aliphatic heterocycles. The molecular formula is C15H34KNO4S. The average Bonchev–Trinajstić information content (AvgIpc) is 2.28. The standard InChI is InChI=1S/C15H34N.K.H2O4S/c1-5-6-7-8-9-10-11-12-13-14-15-16(2,3)4;;1-5(2,3)4/h5-15H2,1-4H3;;(H2,1,2,3,4)/q2*+1;/p-2. The van der Waals surface area contributed by atoms with Gasteiger partial charge in [0.1, 0.15) is 0 Å². The second-order valence-electron chi connectivity index (χ2n) is 6.60. The molecule has 0 fully saturated rings. The van der Waals surface area contributed by atoms with Crippen LogP contribution in [0.4, 0.5) is 0 Å². The average molecular weight is 364 g/mol. The van der Waals surface area contributed by atoms with Crippen molar-refractivity contribution in [1.82, 2.24) is 0 Å². The molecular weight excluding hydrogens is 329 g/mol. The number of rotatable bonds is 11. The van der Waals surface area contributed by atoms with Crippen molar-refractivity contribution < 1.29 is 73.4 Å². The Balaban J connectivity index is -0.000000520. The van der Waals surface area contributed by atoms with E-state index in [-0.39, 0.29) is 51.4 Å². The maximum atomic E-state index is 8.52. The van der Waals surface area contributed by atoms with Crippen LogP contribution in [-0.2, 0) is 10.4 Å². The minimum Gasteiger partial charge on any atom is -0.759 e. The van der Waals surface area contributed by atoms with Gasteiger partial charge in [0, 0.05) is 10.4 Å². The van der Waals surface area contributed by atoms with Crippen LogP contribution in [0.2, 0.25) is 0 Å². The van der Waals surface area contributed by atoms with Gasteiger partial charge in [0.15, 0.2) is 0 Å². The van der Waals surface area contributed by atoms with E-state index in [1.54, 1.807) is 0 Å². The number of quaternary nitrogens is 1. The predicted molar refractivity (Wildman–Crippen MR) is 85.2 cm³/mol. The molecule has 0 aromatic carbocycles. The molecule has 0 rings (SSSR count). The van der Waals surface area contributed by atoms with E-state index < -0.39 is 10.4 Å². The van der Waals surface area contributed by atoms with E-state index >= 15 is 0 Å². The van der Waals surface area contributed by atoms with Gasteiger partial charge in [0.25, 0.3) is 0 Å². The van der Waals surface area contributed by atoms with Gasteiger partial charge in [-0.15, -0.1) is 0 Å². The second-order valence-corrected chi connectivity index (χ2v) is 7.42. The van der Waals surface area contributed by atoms with E-state index in [4.69, 9.17) is 17.5 Å². The van der Waals surface area contributed by atoms with Crippen molar-refractivity contribution in [3.63, 3.8) is 0 Å². The van der Waals surface area contributed by atoms with Crippen LogP contribution in [0.5, 0.6) is 0 Å². The summed E-state index contributed by atoms with van der Waals surface area (Å²) in [7, 11) is 1.69. The third-order valence-corrected chi connectivity index (χ3v) is 3.18. The van der Waals surface area contributed by atoms with Crippen LogP contribution >= 0.6 is 0 Å². The Hall–Kier alpha value is 1.47. The summed E-state index contributed by atoms with van der Waals surface area (Å²) >= 11 is 0. The SMILES string of the molecule is CCCCCCCCCCCC[N+](C)(C)C.O=S(=O)([O-])[O-].[K+]. The van der Waals surface area contributed by atoms with Gasteiger partial charge in [-0.2, -0.15) is 0 Å². The first-order valence-electron chi connectivity index (χ1n) is 8.03. The fraction of sp³-hybridized carbons (Fsp3) is 1.00. The third kappa shape index (κ3) is 43.0. The van der Waals surface area contributed by atoms with Crippen molar-refractivity contribution in [2.45, 2.75) is 71.1 Å². The zero-order valence-electron chi connectivity index (χ0n) is 15.3. The second kappa shape index (κ2) is 17.3. The summed E-state index contributed by atoms with van der Waals surface area (Å²) in [5.74, 6) is 0. The van der Waals surface area contributed by atoms with E-state index in [0.717, 1.165) is 4.48 Å². The number of hydrogen-bond acceptors (Lipinski definition) is 4. The molecule has 0 aromatic heterocycles. The van der Waals surface area contributed by atoms with Crippen molar-refractivity contribution in [3.05, 3.63) is 0 Å². The van der Waals surface area contributed by atoms with Crippen molar-refractivity contribution in [3.8, 4) is 0 Å². The molecule has 0 radical (unpaired) electrons. The van der Waals surface area contributed by atoms with E-state index in [1.807, 2.05) is 0 Å². The first kappa shape index (κ1) is 28.3. The summed E-state index contributed by atoms with van der Waals surface area (Å²) in [4.78, 5) is 0. The molecule has 0 aliphatic rings. The fourth-order valence-corrected chi connectivity index (χ4v) is 2.07. The molecule has 7 heteroatoms. The first-order valence-corrected chi connectivity index (χ1v) is 9.36. The Labute approximate surface area is 180 Å². The summed E-state index contributed by atoms with van der Waals surface area (Å²) in [6.45, 7) is 3.62. The molecule has 0 unspecified atom stereocenters. The molecule has 5 nitrogen and oxygen atoms in total. The third-order valence-electron chi connectivity index (χ3n) is 3.18. The van der Waals surface area contributed by atoms with Gasteiger partial charge in [0.05, 0.1) is 27.7 Å². The van der Waals surface area contributed by atoms with Gasteiger partial charge < -0.3 is 13.6 Å². The minimum absolute atomic E-state index is 0. The summed E-state index contributed by atoms with van der Waals surface area (Å²) in [5.41, 5.74) is 0. The predicted octanol–water partition coefficient (Wildman–Crippen LogP) is 0.280. The Bertz CT molecular complexity index is 308. The number of unbranched alkanes of at least 4 members (excludes halogenated alkanes) is 9. The van der Waals surface area contributed by atoms with Crippen molar-refractivity contribution >= 4 is 10.4 Å². The van der Waals surface area contributed by atoms with Crippen molar-refractivity contribution in [2.24, 2.45) is 0 Å². The van der Waals surface area contributed by atoms with Gasteiger partial charge in [-0.1, -0.05) is 58.3 Å². The molecule has 0 aliphatic carbocycles. The molecule has 0 aromatic rings. The molecule has 0 spiro atoms. The molecule has 0 saturated heterocycles. The van der Waals surface area contributed by atoms with Gasteiger partial charge in [0.2, 0.25) is 0 Å². The molecule has 22 heavy (non-hydrogen) atoms. The van der Waals surface area contributed by atoms with Crippen molar-refractivity contribution in [1.29, 1.82) is 0 Å².